The van der Waals surface area contributed by atoms with E-state index < -0.39 is 0 Å². The van der Waals surface area contributed by atoms with Crippen molar-refractivity contribution in [2.24, 2.45) is 20.0 Å². The van der Waals surface area contributed by atoms with Crippen LogP contribution in [0.3, 0.4) is 0 Å². The number of piperidine rings is 1. The molecule has 1 atom stereocenters. The topological polar surface area (TPSA) is 65.1 Å². The fourth-order valence-corrected chi connectivity index (χ4v) is 4.70. The number of halogens is 2. The predicted octanol–water partition coefficient (Wildman–Crippen LogP) is 3.02. The highest BCUT2D eigenvalue weighted by Gasteiger charge is 2.23. The second-order valence-corrected chi connectivity index (χ2v) is 9.05. The van der Waals surface area contributed by atoms with Crippen molar-refractivity contribution in [1.82, 2.24) is 23.6 Å². The molecule has 0 bridgehead atoms. The largest absolute Gasteiger partial charge is 0.332 e. The van der Waals surface area contributed by atoms with E-state index in [1.165, 1.54) is 18.0 Å². The van der Waals surface area contributed by atoms with Crippen molar-refractivity contribution in [3.63, 3.8) is 0 Å². The van der Waals surface area contributed by atoms with Gasteiger partial charge in [0.15, 0.2) is 11.2 Å². The van der Waals surface area contributed by atoms with Crippen molar-refractivity contribution in [3.05, 3.63) is 60.5 Å². The van der Waals surface area contributed by atoms with Crippen molar-refractivity contribution >= 4 is 34.4 Å². The minimum absolute atomic E-state index is 0.357. The fraction of sp³-hybridized carbons (Fsp3) is 0.476. The highest BCUT2D eigenvalue weighted by molar-refractivity contribution is 6.35. The number of aryl methyl sites for hydroxylation is 1. The van der Waals surface area contributed by atoms with Crippen LogP contribution in [0.4, 0.5) is 0 Å². The Labute approximate surface area is 184 Å². The maximum Gasteiger partial charge on any atom is 0.332 e. The number of hydrogen-bond donors (Lipinski definition) is 0. The van der Waals surface area contributed by atoms with Gasteiger partial charge in [-0.15, -0.1) is 0 Å². The Balaban J connectivity index is 1.87. The standard InChI is InChI=1S/C21H25Cl2N5O2/c1-13-5-4-8-27(10-13)12-17-24-19-18(20(29)26(3)21(30)25(19)2)28(17)11-14-6-7-15(22)9-16(14)23/h6-7,9,13H,4-5,8,10-12H2,1-3H3/t13-/m0/s1. The van der Waals surface area contributed by atoms with Crippen molar-refractivity contribution in [1.29, 1.82) is 0 Å². The molecule has 0 N–H and O–H groups in total. The van der Waals surface area contributed by atoms with E-state index in [1.54, 1.807) is 19.2 Å². The molecule has 2 aromatic heterocycles. The van der Waals surface area contributed by atoms with Crippen LogP contribution in [0.25, 0.3) is 11.2 Å². The average molecular weight is 450 g/mol. The normalized spacial score (nSPS) is 17.7. The first-order chi connectivity index (χ1) is 14.3. The lowest BCUT2D eigenvalue weighted by Gasteiger charge is -2.30. The number of fused-ring (bicyclic) bond motifs is 1. The van der Waals surface area contributed by atoms with Crippen LogP contribution in [0.5, 0.6) is 0 Å². The number of hydrogen-bond acceptors (Lipinski definition) is 4. The Hall–Kier alpha value is -2.09. The molecule has 7 nitrogen and oxygen atoms in total. The van der Waals surface area contributed by atoms with Crippen LogP contribution in [0.15, 0.2) is 27.8 Å². The highest BCUT2D eigenvalue weighted by atomic mass is 35.5. The maximum absolute atomic E-state index is 13.0. The molecule has 1 aliphatic heterocycles. The molecule has 0 unspecified atom stereocenters. The van der Waals surface area contributed by atoms with Gasteiger partial charge in [-0.2, -0.15) is 0 Å². The molecule has 4 rings (SSSR count). The molecule has 1 aromatic carbocycles. The molecule has 0 radical (unpaired) electrons. The summed E-state index contributed by atoms with van der Waals surface area (Å²) in [6.45, 7) is 5.22. The highest BCUT2D eigenvalue weighted by Crippen LogP contribution is 2.25. The van der Waals surface area contributed by atoms with Crippen molar-refractivity contribution in [2.75, 3.05) is 13.1 Å². The van der Waals surface area contributed by atoms with Crippen molar-refractivity contribution in [2.45, 2.75) is 32.9 Å². The molecule has 1 fully saturated rings. The summed E-state index contributed by atoms with van der Waals surface area (Å²) in [5.74, 6) is 1.38. The van der Waals surface area contributed by atoms with Gasteiger partial charge in [0.05, 0.1) is 13.1 Å². The Bertz CT molecular complexity index is 1230. The molecule has 0 spiro atoms. The summed E-state index contributed by atoms with van der Waals surface area (Å²) < 4.78 is 4.45. The number of likely N-dealkylation sites (tertiary alicyclic amines) is 1. The van der Waals surface area contributed by atoms with Crippen LogP contribution in [-0.2, 0) is 27.2 Å². The second-order valence-electron chi connectivity index (χ2n) is 8.21. The van der Waals surface area contributed by atoms with Crippen LogP contribution >= 0.6 is 23.2 Å². The third kappa shape index (κ3) is 3.82. The summed E-state index contributed by atoms with van der Waals surface area (Å²) in [6.07, 6.45) is 2.37. The smallest absolute Gasteiger partial charge is 0.316 e. The van der Waals surface area contributed by atoms with Crippen LogP contribution in [0.2, 0.25) is 10.0 Å². The number of aromatic nitrogens is 4. The summed E-state index contributed by atoms with van der Waals surface area (Å²) in [7, 11) is 3.13. The zero-order valence-electron chi connectivity index (χ0n) is 17.4. The summed E-state index contributed by atoms with van der Waals surface area (Å²) in [6, 6.07) is 5.33. The molecule has 30 heavy (non-hydrogen) atoms. The van der Waals surface area contributed by atoms with Gasteiger partial charge in [-0.3, -0.25) is 18.8 Å². The molecular formula is C21H25Cl2N5O2. The van der Waals surface area contributed by atoms with Gasteiger partial charge in [0.2, 0.25) is 0 Å². The summed E-state index contributed by atoms with van der Waals surface area (Å²) in [5.41, 5.74) is 0.896. The van der Waals surface area contributed by atoms with Crippen molar-refractivity contribution < 1.29 is 0 Å². The van der Waals surface area contributed by atoms with Crippen LogP contribution < -0.4 is 11.2 Å². The zero-order chi connectivity index (χ0) is 21.6. The van der Waals surface area contributed by atoms with E-state index in [2.05, 4.69) is 11.8 Å². The van der Waals surface area contributed by atoms with E-state index >= 15 is 0 Å². The van der Waals surface area contributed by atoms with E-state index in [0.717, 1.165) is 35.5 Å². The van der Waals surface area contributed by atoms with Crippen LogP contribution in [-0.4, -0.2) is 36.7 Å². The molecular weight excluding hydrogens is 425 g/mol. The Kier molecular flexibility index (Phi) is 5.79. The van der Waals surface area contributed by atoms with E-state index in [1.807, 2.05) is 10.6 Å². The van der Waals surface area contributed by atoms with E-state index in [9.17, 15) is 9.59 Å². The van der Waals surface area contributed by atoms with Gasteiger partial charge in [-0.05, 0) is 43.0 Å². The van der Waals surface area contributed by atoms with E-state index in [4.69, 9.17) is 28.2 Å². The second kappa shape index (κ2) is 8.21. The SMILES string of the molecule is C[C@H]1CCCN(Cc2nc3c(c(=O)n(C)c(=O)n3C)n2Cc2ccc(Cl)cc2Cl)C1. The van der Waals surface area contributed by atoms with Gasteiger partial charge in [0.1, 0.15) is 5.82 Å². The van der Waals surface area contributed by atoms with Gasteiger partial charge in [-0.1, -0.05) is 36.2 Å². The van der Waals surface area contributed by atoms with Crippen LogP contribution in [0, 0.1) is 5.92 Å². The Morgan fingerprint density at radius 1 is 1.13 bits per heavy atom. The lowest BCUT2D eigenvalue weighted by molar-refractivity contribution is 0.171. The number of benzene rings is 1. The Morgan fingerprint density at radius 2 is 1.90 bits per heavy atom. The van der Waals surface area contributed by atoms with Gasteiger partial charge >= 0.3 is 5.69 Å². The van der Waals surface area contributed by atoms with E-state index in [0.29, 0.717) is 40.2 Å². The van der Waals surface area contributed by atoms with Gasteiger partial charge in [0, 0.05) is 30.7 Å². The molecule has 3 heterocycles. The molecule has 9 heteroatoms. The third-order valence-corrected chi connectivity index (χ3v) is 6.46. The van der Waals surface area contributed by atoms with Gasteiger partial charge in [0.25, 0.3) is 5.56 Å². The molecule has 160 valence electrons. The predicted molar refractivity (Wildman–Crippen MR) is 119 cm³/mol. The third-order valence-electron chi connectivity index (χ3n) is 5.88. The fourth-order valence-electron chi connectivity index (χ4n) is 4.23. The van der Waals surface area contributed by atoms with Crippen LogP contribution in [0.1, 0.15) is 31.2 Å². The lowest BCUT2D eigenvalue weighted by atomic mass is 10.0. The summed E-state index contributed by atoms with van der Waals surface area (Å²) in [4.78, 5) is 32.6. The molecule has 1 saturated heterocycles. The first-order valence-corrected chi connectivity index (χ1v) is 10.8. The maximum atomic E-state index is 13.0. The minimum atomic E-state index is -0.389. The zero-order valence-corrected chi connectivity index (χ0v) is 18.9. The monoisotopic (exact) mass is 449 g/mol. The molecule has 1 aliphatic rings. The summed E-state index contributed by atoms with van der Waals surface area (Å²) >= 11 is 12.5. The minimum Gasteiger partial charge on any atom is -0.316 e. The molecule has 0 amide bonds. The summed E-state index contributed by atoms with van der Waals surface area (Å²) in [5, 5.41) is 1.09. The number of nitrogens with zero attached hydrogens (tertiary/aromatic N) is 5. The first kappa shape index (κ1) is 21.2. The lowest BCUT2D eigenvalue weighted by Crippen LogP contribution is -2.37. The first-order valence-electron chi connectivity index (χ1n) is 10.1. The average Bonchev–Trinajstić information content (AvgIpc) is 3.05. The molecule has 0 aliphatic carbocycles. The number of rotatable bonds is 4. The van der Waals surface area contributed by atoms with Gasteiger partial charge in [-0.25, -0.2) is 9.78 Å². The van der Waals surface area contributed by atoms with Gasteiger partial charge < -0.3 is 4.57 Å². The number of imidazole rings is 1. The Morgan fingerprint density at radius 3 is 2.60 bits per heavy atom. The molecule has 0 saturated carbocycles. The van der Waals surface area contributed by atoms with Crippen molar-refractivity contribution in [3.8, 4) is 0 Å². The quantitative estimate of drug-likeness (QED) is 0.613. The van der Waals surface area contributed by atoms with E-state index in [-0.39, 0.29) is 11.2 Å². The molecule has 3 aromatic rings.